The second-order valence-corrected chi connectivity index (χ2v) is 7.55. The number of benzene rings is 1. The number of sulfonamides is 1. The van der Waals surface area contributed by atoms with Gasteiger partial charge in [0.15, 0.2) is 5.03 Å². The van der Waals surface area contributed by atoms with Crippen LogP contribution in [0.1, 0.15) is 28.7 Å². The molecule has 25 heavy (non-hydrogen) atoms. The maximum Gasteiger partial charge on any atom is 0.333 e. The van der Waals surface area contributed by atoms with Gasteiger partial charge in [0.1, 0.15) is 0 Å². The van der Waals surface area contributed by atoms with Crippen molar-refractivity contribution in [3.8, 4) is 0 Å². The van der Waals surface area contributed by atoms with Crippen molar-refractivity contribution in [2.24, 2.45) is 0 Å². The molecular weight excluding hydrogens is 367 g/mol. The average Bonchev–Trinajstić information content (AvgIpc) is 3.27. The number of hydrogen-bond donors (Lipinski definition) is 3. The first-order chi connectivity index (χ1) is 11.5. The number of hydrogen-bond acceptors (Lipinski definition) is 4. The van der Waals surface area contributed by atoms with E-state index in [9.17, 15) is 13.2 Å². The number of H-pyrrole nitrogens is 1. The standard InChI is InChI=1S/C16H16N4O3S.K/c21-16(20-24(22,23)14-7-8-17-19-14)18-15-12-5-1-3-10(12)9-11-4-2-6-13(11)15;/h1,3,7-9H,2,4-6H2,(H,17,19)(H2,18,20,21);. The van der Waals surface area contributed by atoms with E-state index in [0.29, 0.717) is 0 Å². The summed E-state index contributed by atoms with van der Waals surface area (Å²) < 4.78 is 26.2. The minimum atomic E-state index is -3.96. The predicted molar refractivity (Wildman–Crippen MR) is 94.9 cm³/mol. The zero-order valence-corrected chi connectivity index (χ0v) is 17.7. The fraction of sp³-hybridized carbons (Fsp3) is 0.250. The van der Waals surface area contributed by atoms with E-state index in [-0.39, 0.29) is 56.4 Å². The Morgan fingerprint density at radius 3 is 2.84 bits per heavy atom. The number of nitrogens with one attached hydrogen (secondary N) is 3. The summed E-state index contributed by atoms with van der Waals surface area (Å²) in [6.07, 6.45) is 9.07. The van der Waals surface area contributed by atoms with Crippen LogP contribution in [0, 0.1) is 0 Å². The number of carbonyl (C=O) groups excluding carboxylic acids is 1. The molecule has 1 heterocycles. The van der Waals surface area contributed by atoms with Gasteiger partial charge in [-0.1, -0.05) is 18.2 Å². The van der Waals surface area contributed by atoms with Gasteiger partial charge in [-0.2, -0.15) is 13.5 Å². The first-order valence-corrected chi connectivity index (χ1v) is 9.20. The van der Waals surface area contributed by atoms with E-state index in [2.05, 4.69) is 21.6 Å². The quantitative estimate of drug-likeness (QED) is 0.700. The normalized spacial score (nSPS) is 14.6. The van der Waals surface area contributed by atoms with E-state index >= 15 is 0 Å². The molecule has 1 aromatic heterocycles. The second-order valence-electron chi connectivity index (χ2n) is 5.90. The molecule has 9 heteroatoms. The average molecular weight is 383 g/mol. The van der Waals surface area contributed by atoms with Gasteiger partial charge in [0, 0.05) is 57.1 Å². The number of allylic oxidation sites excluding steroid dienone is 1. The molecule has 0 unspecified atom stereocenters. The van der Waals surface area contributed by atoms with E-state index in [1.807, 2.05) is 16.9 Å². The number of urea groups is 1. The molecule has 0 bridgehead atoms. The molecule has 2 aliphatic rings. The van der Waals surface area contributed by atoms with Crippen LogP contribution in [0.4, 0.5) is 10.5 Å². The number of nitrogens with zero attached hydrogens (tertiary/aromatic N) is 1. The molecule has 0 spiro atoms. The van der Waals surface area contributed by atoms with E-state index < -0.39 is 16.1 Å². The summed E-state index contributed by atoms with van der Waals surface area (Å²) in [4.78, 5) is 12.3. The van der Waals surface area contributed by atoms with E-state index in [4.69, 9.17) is 0 Å². The molecular formula is C16H16KN4O3S. The van der Waals surface area contributed by atoms with Gasteiger partial charge in [-0.3, -0.25) is 5.10 Å². The van der Waals surface area contributed by atoms with Crippen LogP contribution >= 0.6 is 0 Å². The Morgan fingerprint density at radius 2 is 2.08 bits per heavy atom. The summed E-state index contributed by atoms with van der Waals surface area (Å²) in [5.41, 5.74) is 5.24. The zero-order valence-electron chi connectivity index (χ0n) is 13.8. The Morgan fingerprint density at radius 1 is 1.24 bits per heavy atom. The number of fused-ring (bicyclic) bond motifs is 2. The van der Waals surface area contributed by atoms with E-state index in [0.717, 1.165) is 48.1 Å². The van der Waals surface area contributed by atoms with Crippen molar-refractivity contribution >= 4 is 79.2 Å². The van der Waals surface area contributed by atoms with Crippen molar-refractivity contribution in [1.82, 2.24) is 14.9 Å². The van der Waals surface area contributed by atoms with Gasteiger partial charge in [-0.15, -0.1) is 0 Å². The molecule has 0 fully saturated rings. The molecule has 4 rings (SSSR count). The van der Waals surface area contributed by atoms with Gasteiger partial charge < -0.3 is 5.32 Å². The predicted octanol–water partition coefficient (Wildman–Crippen LogP) is 1.60. The summed E-state index contributed by atoms with van der Waals surface area (Å²) in [5.74, 6) is 0. The summed E-state index contributed by atoms with van der Waals surface area (Å²) >= 11 is 0. The Hall–Kier alpha value is -0.974. The van der Waals surface area contributed by atoms with Crippen molar-refractivity contribution in [3.63, 3.8) is 0 Å². The van der Waals surface area contributed by atoms with Gasteiger partial charge in [0.05, 0.1) is 6.20 Å². The van der Waals surface area contributed by atoms with Crippen LogP contribution in [0.15, 0.2) is 29.4 Å². The maximum absolute atomic E-state index is 12.3. The number of aromatic nitrogens is 2. The minimum Gasteiger partial charge on any atom is -0.307 e. The van der Waals surface area contributed by atoms with Crippen LogP contribution in [0.5, 0.6) is 0 Å². The largest absolute Gasteiger partial charge is 0.333 e. The molecule has 0 aliphatic heterocycles. The van der Waals surface area contributed by atoms with Gasteiger partial charge >= 0.3 is 6.03 Å². The topological polar surface area (TPSA) is 104 Å². The number of aryl methyl sites for hydroxylation is 1. The number of rotatable bonds is 3. The molecule has 125 valence electrons. The second kappa shape index (κ2) is 7.33. The van der Waals surface area contributed by atoms with Crippen LogP contribution in [-0.2, 0) is 29.3 Å². The third kappa shape index (κ3) is 3.62. The molecule has 2 aromatic rings. The van der Waals surface area contributed by atoms with E-state index in [1.165, 1.54) is 17.8 Å². The Balaban J connectivity index is 0.00000182. The van der Waals surface area contributed by atoms with Crippen LogP contribution in [0.25, 0.3) is 6.08 Å². The fourth-order valence-electron chi connectivity index (χ4n) is 3.35. The molecule has 0 saturated carbocycles. The van der Waals surface area contributed by atoms with Crippen molar-refractivity contribution in [3.05, 3.63) is 46.7 Å². The molecule has 3 N–H and O–H groups in total. The third-order valence-corrected chi connectivity index (χ3v) is 5.65. The van der Waals surface area contributed by atoms with Gasteiger partial charge in [-0.25, -0.2) is 9.52 Å². The smallest absolute Gasteiger partial charge is 0.307 e. The van der Waals surface area contributed by atoms with Crippen LogP contribution in [0.3, 0.4) is 0 Å². The van der Waals surface area contributed by atoms with Crippen LogP contribution in [-0.4, -0.2) is 76.0 Å². The van der Waals surface area contributed by atoms with Crippen molar-refractivity contribution < 1.29 is 13.2 Å². The van der Waals surface area contributed by atoms with Gasteiger partial charge in [0.2, 0.25) is 0 Å². The van der Waals surface area contributed by atoms with Crippen LogP contribution < -0.4 is 10.0 Å². The molecule has 2 aliphatic carbocycles. The monoisotopic (exact) mass is 383 g/mol. The van der Waals surface area contributed by atoms with Crippen molar-refractivity contribution in [2.75, 3.05) is 5.32 Å². The summed E-state index contributed by atoms with van der Waals surface area (Å²) in [5, 5.41) is 8.54. The molecule has 0 atom stereocenters. The molecule has 0 saturated heterocycles. The fourth-order valence-corrected chi connectivity index (χ4v) is 4.16. The van der Waals surface area contributed by atoms with Crippen LogP contribution in [0.2, 0.25) is 0 Å². The minimum absolute atomic E-state index is 0. The number of amides is 2. The first kappa shape index (κ1) is 18.8. The first-order valence-electron chi connectivity index (χ1n) is 7.72. The Kier molecular flexibility index (Phi) is 5.52. The maximum atomic E-state index is 12.3. The molecule has 1 radical (unpaired) electrons. The summed E-state index contributed by atoms with van der Waals surface area (Å²) in [7, 11) is -3.96. The van der Waals surface area contributed by atoms with Gasteiger partial charge in [0.25, 0.3) is 10.0 Å². The molecule has 7 nitrogen and oxygen atoms in total. The van der Waals surface area contributed by atoms with Gasteiger partial charge in [-0.05, 0) is 54.0 Å². The SMILES string of the molecule is O=C(Nc1c2c(cc3c1CCC3)C=CC2)NS(=O)(=O)c1ccn[nH]1.[K]. The van der Waals surface area contributed by atoms with Crippen molar-refractivity contribution in [2.45, 2.75) is 30.7 Å². The third-order valence-electron chi connectivity index (χ3n) is 4.39. The number of anilines is 1. The zero-order chi connectivity index (χ0) is 16.7. The Labute approximate surface area is 188 Å². The Bertz CT molecular complexity index is 949. The van der Waals surface area contributed by atoms with Crippen molar-refractivity contribution in [1.29, 1.82) is 0 Å². The number of aromatic amines is 1. The summed E-state index contributed by atoms with van der Waals surface area (Å²) in [6.45, 7) is 0. The number of carbonyl (C=O) groups is 1. The van der Waals surface area contributed by atoms with E-state index in [1.54, 1.807) is 0 Å². The molecule has 1 aromatic carbocycles. The summed E-state index contributed by atoms with van der Waals surface area (Å²) in [6, 6.07) is 2.70. The molecule has 2 amide bonds.